The number of pyridine rings is 1. The fourth-order valence-electron chi connectivity index (χ4n) is 3.41. The molecular weight excluding hydrogens is 402 g/mol. The van der Waals surface area contributed by atoms with Crippen LogP contribution in [0.2, 0.25) is 0 Å². The molecule has 0 bridgehead atoms. The molecule has 3 aromatic rings. The van der Waals surface area contributed by atoms with Crippen molar-refractivity contribution in [1.29, 1.82) is 0 Å². The summed E-state index contributed by atoms with van der Waals surface area (Å²) in [6.45, 7) is 6.16. The highest BCUT2D eigenvalue weighted by Gasteiger charge is 2.25. The molecule has 1 amide bonds. The number of carbonyl (C=O) groups is 1. The number of ether oxygens (including phenoxy) is 1. The summed E-state index contributed by atoms with van der Waals surface area (Å²) < 4.78 is 5.48. The molecule has 1 aliphatic rings. The lowest BCUT2D eigenvalue weighted by Crippen LogP contribution is -2.36. The number of nitrogens with zero attached hydrogens (tertiary/aromatic N) is 4. The smallest absolute Gasteiger partial charge is 0.414 e. The van der Waals surface area contributed by atoms with Crippen molar-refractivity contribution in [2.45, 2.75) is 38.7 Å². The van der Waals surface area contributed by atoms with Crippen molar-refractivity contribution in [2.75, 3.05) is 11.9 Å². The SMILES string of the molecule is CC(C)(C)OC(=O)N1C=CC(c2cc(-c3ccccc3)nc(Nc3ccncc3)n2)CC1. The van der Waals surface area contributed by atoms with Gasteiger partial charge < -0.3 is 10.1 Å². The lowest BCUT2D eigenvalue weighted by Gasteiger charge is -2.29. The molecule has 1 aromatic carbocycles. The van der Waals surface area contributed by atoms with E-state index in [1.165, 1.54) is 0 Å². The van der Waals surface area contributed by atoms with Crippen molar-refractivity contribution in [3.8, 4) is 11.3 Å². The minimum absolute atomic E-state index is 0.0668. The second kappa shape index (κ2) is 9.18. The van der Waals surface area contributed by atoms with Crippen LogP contribution < -0.4 is 5.32 Å². The van der Waals surface area contributed by atoms with Gasteiger partial charge in [-0.15, -0.1) is 0 Å². The quantitative estimate of drug-likeness (QED) is 0.588. The molecule has 1 unspecified atom stereocenters. The number of hydrogen-bond donors (Lipinski definition) is 1. The van der Waals surface area contributed by atoms with Gasteiger partial charge in [-0.1, -0.05) is 36.4 Å². The highest BCUT2D eigenvalue weighted by molar-refractivity contribution is 5.69. The number of nitrogens with one attached hydrogen (secondary N) is 1. The van der Waals surface area contributed by atoms with Crippen LogP contribution in [-0.4, -0.2) is 38.1 Å². The average molecular weight is 430 g/mol. The fourth-order valence-corrected chi connectivity index (χ4v) is 3.41. The number of carbonyl (C=O) groups excluding carboxylic acids is 1. The number of benzene rings is 1. The second-order valence-corrected chi connectivity index (χ2v) is 8.64. The number of amides is 1. The number of allylic oxidation sites excluding steroid dienone is 1. The molecule has 2 aromatic heterocycles. The zero-order valence-electron chi connectivity index (χ0n) is 18.5. The van der Waals surface area contributed by atoms with E-state index in [0.29, 0.717) is 12.5 Å². The summed E-state index contributed by atoms with van der Waals surface area (Å²) in [6, 6.07) is 15.8. The predicted octanol–water partition coefficient (Wildman–Crippen LogP) is 5.52. The van der Waals surface area contributed by atoms with Gasteiger partial charge in [0.15, 0.2) is 0 Å². The third kappa shape index (κ3) is 5.49. The highest BCUT2D eigenvalue weighted by Crippen LogP contribution is 2.29. The Morgan fingerprint density at radius 2 is 1.84 bits per heavy atom. The molecule has 0 fully saturated rings. The average Bonchev–Trinajstić information content (AvgIpc) is 2.79. The van der Waals surface area contributed by atoms with Gasteiger partial charge in [-0.2, -0.15) is 0 Å². The van der Waals surface area contributed by atoms with Gasteiger partial charge in [-0.3, -0.25) is 9.88 Å². The van der Waals surface area contributed by atoms with E-state index in [-0.39, 0.29) is 12.0 Å². The van der Waals surface area contributed by atoms with Gasteiger partial charge in [0.1, 0.15) is 5.60 Å². The topological polar surface area (TPSA) is 80.2 Å². The van der Waals surface area contributed by atoms with E-state index in [0.717, 1.165) is 29.1 Å². The van der Waals surface area contributed by atoms with Crippen molar-refractivity contribution >= 4 is 17.7 Å². The zero-order chi connectivity index (χ0) is 22.6. The Labute approximate surface area is 188 Å². The normalized spacial score (nSPS) is 16.0. The summed E-state index contributed by atoms with van der Waals surface area (Å²) in [5, 5.41) is 3.28. The molecule has 0 aliphatic carbocycles. The number of aromatic nitrogens is 3. The molecule has 1 aliphatic heterocycles. The maximum atomic E-state index is 12.4. The van der Waals surface area contributed by atoms with Crippen LogP contribution in [-0.2, 0) is 4.74 Å². The molecule has 164 valence electrons. The minimum atomic E-state index is -0.521. The van der Waals surface area contributed by atoms with E-state index in [4.69, 9.17) is 14.7 Å². The lowest BCUT2D eigenvalue weighted by atomic mass is 9.97. The third-order valence-electron chi connectivity index (χ3n) is 4.94. The number of anilines is 2. The first-order chi connectivity index (χ1) is 15.4. The molecular formula is C25H27N5O2. The monoisotopic (exact) mass is 429 g/mol. The van der Waals surface area contributed by atoms with Crippen LogP contribution in [0.3, 0.4) is 0 Å². The lowest BCUT2D eigenvalue weighted by molar-refractivity contribution is 0.0324. The van der Waals surface area contributed by atoms with Gasteiger partial charge in [0.05, 0.1) is 11.4 Å². The highest BCUT2D eigenvalue weighted by atomic mass is 16.6. The van der Waals surface area contributed by atoms with Gasteiger partial charge in [0, 0.05) is 42.3 Å². The van der Waals surface area contributed by atoms with Crippen LogP contribution in [0.4, 0.5) is 16.4 Å². The summed E-state index contributed by atoms with van der Waals surface area (Å²) in [5.41, 5.74) is 3.10. The van der Waals surface area contributed by atoms with Crippen molar-refractivity contribution in [3.05, 3.63) is 78.9 Å². The van der Waals surface area contributed by atoms with Gasteiger partial charge in [-0.05, 0) is 45.4 Å². The van der Waals surface area contributed by atoms with Crippen LogP contribution in [0, 0.1) is 0 Å². The maximum Gasteiger partial charge on any atom is 0.414 e. The standard InChI is InChI=1S/C25H27N5O2/c1-25(2,3)32-24(31)30-15-11-19(12-16-30)22-17-21(18-7-5-4-6-8-18)28-23(29-22)27-20-9-13-26-14-10-20/h4-11,13-15,17,19H,12,16H2,1-3H3,(H,26,27,28,29). The van der Waals surface area contributed by atoms with Crippen LogP contribution >= 0.6 is 0 Å². The largest absolute Gasteiger partial charge is 0.443 e. The molecule has 0 spiro atoms. The molecule has 0 saturated heterocycles. The molecule has 7 heteroatoms. The molecule has 32 heavy (non-hydrogen) atoms. The third-order valence-corrected chi connectivity index (χ3v) is 4.94. The van der Waals surface area contributed by atoms with Gasteiger partial charge in [0.25, 0.3) is 0 Å². The summed E-state index contributed by atoms with van der Waals surface area (Å²) in [4.78, 5) is 27.5. The van der Waals surface area contributed by atoms with E-state index in [2.05, 4.69) is 10.3 Å². The van der Waals surface area contributed by atoms with Gasteiger partial charge >= 0.3 is 6.09 Å². The van der Waals surface area contributed by atoms with Crippen LogP contribution in [0.15, 0.2) is 73.2 Å². The molecule has 3 heterocycles. The molecule has 4 rings (SSSR count). The van der Waals surface area contributed by atoms with Crippen LogP contribution in [0.1, 0.15) is 38.8 Å². The molecule has 7 nitrogen and oxygen atoms in total. The van der Waals surface area contributed by atoms with Crippen molar-refractivity contribution < 1.29 is 9.53 Å². The zero-order valence-corrected chi connectivity index (χ0v) is 18.5. The first-order valence-electron chi connectivity index (χ1n) is 10.7. The Morgan fingerprint density at radius 1 is 1.09 bits per heavy atom. The summed E-state index contributed by atoms with van der Waals surface area (Å²) in [6.07, 6.45) is 7.65. The number of rotatable bonds is 4. The van der Waals surface area contributed by atoms with Gasteiger partial charge in [-0.25, -0.2) is 14.8 Å². The first kappa shape index (κ1) is 21.5. The molecule has 1 atom stereocenters. The van der Waals surface area contributed by atoms with E-state index >= 15 is 0 Å². The van der Waals surface area contributed by atoms with Crippen LogP contribution in [0.5, 0.6) is 0 Å². The van der Waals surface area contributed by atoms with Crippen LogP contribution in [0.25, 0.3) is 11.3 Å². The Kier molecular flexibility index (Phi) is 6.16. The van der Waals surface area contributed by atoms with Crippen molar-refractivity contribution in [1.82, 2.24) is 19.9 Å². The fraction of sp³-hybridized carbons (Fsp3) is 0.280. The Bertz CT molecular complexity index is 1090. The van der Waals surface area contributed by atoms with E-state index in [1.807, 2.05) is 75.4 Å². The molecule has 0 saturated carbocycles. The summed E-state index contributed by atoms with van der Waals surface area (Å²) in [5.74, 6) is 0.590. The van der Waals surface area contributed by atoms with E-state index < -0.39 is 5.60 Å². The van der Waals surface area contributed by atoms with Crippen molar-refractivity contribution in [2.24, 2.45) is 0 Å². The van der Waals surface area contributed by atoms with E-state index in [9.17, 15) is 4.79 Å². The Hall–Kier alpha value is -3.74. The Morgan fingerprint density at radius 3 is 2.50 bits per heavy atom. The molecule has 1 N–H and O–H groups in total. The minimum Gasteiger partial charge on any atom is -0.443 e. The first-order valence-corrected chi connectivity index (χ1v) is 10.7. The summed E-state index contributed by atoms with van der Waals surface area (Å²) in [7, 11) is 0. The Balaban J connectivity index is 1.61. The van der Waals surface area contributed by atoms with Crippen molar-refractivity contribution in [3.63, 3.8) is 0 Å². The predicted molar refractivity (Wildman–Crippen MR) is 124 cm³/mol. The number of hydrogen-bond acceptors (Lipinski definition) is 6. The molecule has 0 radical (unpaired) electrons. The summed E-state index contributed by atoms with van der Waals surface area (Å²) >= 11 is 0. The van der Waals surface area contributed by atoms with E-state index in [1.54, 1.807) is 23.5 Å². The van der Waals surface area contributed by atoms with Gasteiger partial charge in [0.2, 0.25) is 5.95 Å². The maximum absolute atomic E-state index is 12.4. The second-order valence-electron chi connectivity index (χ2n) is 8.64.